The molecule has 0 amide bonds. The molecule has 4 N–H and O–H groups in total. The largest absolute Gasteiger partial charge is 0.504 e. The first-order chi connectivity index (χ1) is 26.1. The Balaban J connectivity index is 0.000000234. The number of phenolic OH excluding ortho intramolecular Hbond substituents is 2. The number of rotatable bonds is 6. The highest BCUT2D eigenvalue weighted by atomic mass is 35.5. The van der Waals surface area contributed by atoms with Gasteiger partial charge in [-0.3, -0.25) is 9.59 Å². The second-order valence-corrected chi connectivity index (χ2v) is 15.7. The highest BCUT2D eigenvalue weighted by Gasteiger charge is 2.29. The van der Waals surface area contributed by atoms with Gasteiger partial charge in [-0.1, -0.05) is 46.4 Å². The number of carbonyl (C=O) groups excluding carboxylic acids is 2. The summed E-state index contributed by atoms with van der Waals surface area (Å²) in [6.45, 7) is 10.2. The average Bonchev–Trinajstić information content (AvgIpc) is 3.12. The van der Waals surface area contributed by atoms with Crippen LogP contribution in [0.4, 0.5) is 31.8 Å². The number of benzene rings is 4. The standard InChI is InChI=1S/C24H24Cl2FN3O4.C14H8Cl2FN3O2/c1-23(2,3)21(31)33-16-9-12-15(10-17(16)34-22(32)24(4,5)6)28-11-29-20(12)30-14-8-7-13(25)18(26)19(14)27;15-7-1-2-8(13(17)12(7)16)20-14-6-3-10(21)11(22)4-9(6)18-5-19-14/h7-11H,1-6H3,(H,28,29,30);1-5,21-22H,(H,18,19,20). The van der Waals surface area contributed by atoms with Gasteiger partial charge >= 0.3 is 11.9 Å². The number of nitrogens with one attached hydrogen (secondary N) is 2. The molecule has 0 saturated heterocycles. The van der Waals surface area contributed by atoms with Gasteiger partial charge in [0.25, 0.3) is 0 Å². The average molecular weight is 849 g/mol. The Kier molecular flexibility index (Phi) is 12.3. The van der Waals surface area contributed by atoms with E-state index in [0.29, 0.717) is 21.8 Å². The SMILES string of the molecule is CC(C)(C)C(=O)Oc1cc2ncnc(Nc3ccc(Cl)c(Cl)c3F)c2cc1OC(=O)C(C)(C)C.Oc1cc2ncnc(Nc3ccc(Cl)c(Cl)c3F)c2cc1O. The topological polar surface area (TPSA) is 169 Å². The van der Waals surface area contributed by atoms with Crippen LogP contribution in [0.15, 0.2) is 61.2 Å². The molecule has 6 aromatic rings. The van der Waals surface area contributed by atoms with Crippen molar-refractivity contribution in [1.29, 1.82) is 0 Å². The van der Waals surface area contributed by atoms with Gasteiger partial charge in [0.1, 0.15) is 24.3 Å². The zero-order chi connectivity index (χ0) is 41.3. The van der Waals surface area contributed by atoms with Crippen LogP contribution in [0.25, 0.3) is 21.8 Å². The normalized spacial score (nSPS) is 11.5. The van der Waals surface area contributed by atoms with Gasteiger partial charge in [-0.25, -0.2) is 28.7 Å². The van der Waals surface area contributed by atoms with E-state index in [1.54, 1.807) is 41.5 Å². The molecule has 0 radical (unpaired) electrons. The number of esters is 2. The van der Waals surface area contributed by atoms with Crippen LogP contribution in [-0.4, -0.2) is 42.1 Å². The van der Waals surface area contributed by atoms with Gasteiger partial charge in [-0.2, -0.15) is 0 Å². The van der Waals surface area contributed by atoms with Gasteiger partial charge in [-0.05, 0) is 77.9 Å². The summed E-state index contributed by atoms with van der Waals surface area (Å²) in [6.07, 6.45) is 2.51. The second kappa shape index (κ2) is 16.4. The first kappa shape index (κ1) is 41.9. The molecule has 0 unspecified atom stereocenters. The van der Waals surface area contributed by atoms with Crippen LogP contribution in [0.2, 0.25) is 20.1 Å². The van der Waals surface area contributed by atoms with Crippen molar-refractivity contribution in [2.45, 2.75) is 41.5 Å². The fourth-order valence-electron chi connectivity index (χ4n) is 4.51. The van der Waals surface area contributed by atoms with Crippen molar-refractivity contribution in [3.8, 4) is 23.0 Å². The van der Waals surface area contributed by atoms with Crippen LogP contribution in [0.1, 0.15) is 41.5 Å². The first-order valence-corrected chi connectivity index (χ1v) is 17.9. The number of aromatic hydroxyl groups is 2. The van der Waals surface area contributed by atoms with Crippen molar-refractivity contribution in [3.63, 3.8) is 0 Å². The van der Waals surface area contributed by atoms with Crippen LogP contribution in [0.5, 0.6) is 23.0 Å². The number of phenols is 2. The number of carbonyl (C=O) groups is 2. The molecular weight excluding hydrogens is 816 g/mol. The minimum Gasteiger partial charge on any atom is -0.504 e. The van der Waals surface area contributed by atoms with Gasteiger partial charge < -0.3 is 30.3 Å². The van der Waals surface area contributed by atoms with E-state index in [0.717, 1.165) is 0 Å². The minimum atomic E-state index is -0.822. The molecule has 56 heavy (non-hydrogen) atoms. The molecule has 12 nitrogen and oxygen atoms in total. The summed E-state index contributed by atoms with van der Waals surface area (Å²) in [4.78, 5) is 41.5. The maximum Gasteiger partial charge on any atom is 0.316 e. The zero-order valence-electron chi connectivity index (χ0n) is 30.4. The molecule has 2 aromatic heterocycles. The Hall–Kier alpha value is -5.28. The molecule has 4 aromatic carbocycles. The molecule has 0 fully saturated rings. The van der Waals surface area contributed by atoms with E-state index in [2.05, 4.69) is 30.6 Å². The maximum absolute atomic E-state index is 14.6. The molecule has 18 heteroatoms. The highest BCUT2D eigenvalue weighted by molar-refractivity contribution is 6.42. The van der Waals surface area contributed by atoms with Crippen molar-refractivity contribution in [2.75, 3.05) is 10.6 Å². The molecule has 0 atom stereocenters. The summed E-state index contributed by atoms with van der Waals surface area (Å²) in [5, 5.41) is 25.2. The van der Waals surface area contributed by atoms with E-state index in [-0.39, 0.29) is 66.1 Å². The number of fused-ring (bicyclic) bond motifs is 2. The molecule has 292 valence electrons. The van der Waals surface area contributed by atoms with E-state index in [1.165, 1.54) is 61.2 Å². The fraction of sp³-hybridized carbons (Fsp3) is 0.211. The molecule has 0 bridgehead atoms. The minimum absolute atomic E-state index is 0.00233. The first-order valence-electron chi connectivity index (χ1n) is 16.4. The van der Waals surface area contributed by atoms with Crippen molar-refractivity contribution >= 4 is 103 Å². The number of hydrogen-bond acceptors (Lipinski definition) is 12. The monoisotopic (exact) mass is 846 g/mol. The van der Waals surface area contributed by atoms with E-state index in [9.17, 15) is 28.6 Å². The number of halogens is 6. The lowest BCUT2D eigenvalue weighted by Crippen LogP contribution is -2.28. The summed E-state index contributed by atoms with van der Waals surface area (Å²) in [7, 11) is 0. The summed E-state index contributed by atoms with van der Waals surface area (Å²) in [5.41, 5.74) is -0.770. The van der Waals surface area contributed by atoms with Crippen LogP contribution in [-0.2, 0) is 9.59 Å². The third-order valence-corrected chi connectivity index (χ3v) is 9.20. The molecule has 0 spiro atoms. The van der Waals surface area contributed by atoms with Crippen LogP contribution in [0, 0.1) is 22.5 Å². The summed E-state index contributed by atoms with van der Waals surface area (Å²) >= 11 is 23.3. The molecule has 0 aliphatic heterocycles. The van der Waals surface area contributed by atoms with Crippen LogP contribution in [0.3, 0.4) is 0 Å². The molecule has 6 rings (SSSR count). The number of aromatic nitrogens is 4. The van der Waals surface area contributed by atoms with Crippen molar-refractivity contribution in [1.82, 2.24) is 19.9 Å². The Morgan fingerprint density at radius 2 is 1.00 bits per heavy atom. The van der Waals surface area contributed by atoms with Gasteiger partial charge in [0.05, 0.1) is 53.3 Å². The van der Waals surface area contributed by atoms with Gasteiger partial charge in [0, 0.05) is 22.9 Å². The molecule has 0 aliphatic rings. The van der Waals surface area contributed by atoms with Gasteiger partial charge in [-0.15, -0.1) is 0 Å². The third-order valence-electron chi connectivity index (χ3n) is 7.64. The van der Waals surface area contributed by atoms with Crippen LogP contribution < -0.4 is 20.1 Å². The van der Waals surface area contributed by atoms with Crippen molar-refractivity contribution < 1.29 is 38.1 Å². The Labute approximate surface area is 338 Å². The molecule has 0 aliphatic carbocycles. The lowest BCUT2D eigenvalue weighted by molar-refractivity contribution is -0.145. The zero-order valence-corrected chi connectivity index (χ0v) is 33.4. The Bertz CT molecular complexity index is 2510. The van der Waals surface area contributed by atoms with Gasteiger partial charge in [0.15, 0.2) is 34.6 Å². The number of nitrogens with zero attached hydrogens (tertiary/aromatic N) is 4. The lowest BCUT2D eigenvalue weighted by Gasteiger charge is -2.21. The van der Waals surface area contributed by atoms with Gasteiger partial charge in [0.2, 0.25) is 0 Å². The van der Waals surface area contributed by atoms with E-state index < -0.39 is 34.4 Å². The smallest absolute Gasteiger partial charge is 0.316 e. The Morgan fingerprint density at radius 1 is 0.607 bits per heavy atom. The fourth-order valence-corrected chi connectivity index (χ4v) is 5.13. The highest BCUT2D eigenvalue weighted by Crippen LogP contribution is 2.39. The number of ether oxygens (including phenoxy) is 2. The summed E-state index contributed by atoms with van der Waals surface area (Å²) in [5.74, 6) is -2.70. The van der Waals surface area contributed by atoms with E-state index in [1.807, 2.05) is 0 Å². The predicted octanol–water partition coefficient (Wildman–Crippen LogP) is 11.0. The summed E-state index contributed by atoms with van der Waals surface area (Å²) in [6, 6.07) is 11.2. The second-order valence-electron chi connectivity index (χ2n) is 14.1. The molecule has 0 saturated carbocycles. The maximum atomic E-state index is 14.6. The predicted molar refractivity (Wildman–Crippen MR) is 212 cm³/mol. The van der Waals surface area contributed by atoms with Crippen molar-refractivity contribution in [3.05, 3.63) is 92.9 Å². The number of anilines is 4. The lowest BCUT2D eigenvalue weighted by atomic mass is 9.97. The number of hydrogen-bond donors (Lipinski definition) is 4. The van der Waals surface area contributed by atoms with E-state index in [4.69, 9.17) is 55.9 Å². The van der Waals surface area contributed by atoms with Crippen LogP contribution >= 0.6 is 46.4 Å². The van der Waals surface area contributed by atoms with Crippen molar-refractivity contribution in [2.24, 2.45) is 10.8 Å². The Morgan fingerprint density at radius 3 is 1.45 bits per heavy atom. The third kappa shape index (κ3) is 9.39. The molecular formula is C38H32Cl4F2N6O6. The molecule has 2 heterocycles. The summed E-state index contributed by atoms with van der Waals surface area (Å²) < 4.78 is 39.8. The van der Waals surface area contributed by atoms with E-state index >= 15 is 0 Å². The quantitative estimate of drug-likeness (QED) is 0.0542.